The van der Waals surface area contributed by atoms with Crippen molar-refractivity contribution in [3.8, 4) is 34.4 Å². The zero-order valence-electron chi connectivity index (χ0n) is 25.4. The van der Waals surface area contributed by atoms with E-state index in [9.17, 15) is 10.5 Å². The number of hydrogen-bond acceptors (Lipinski definition) is 3. The minimum absolute atomic E-state index is 0.606. The first-order valence-corrected chi connectivity index (χ1v) is 15.6. The lowest BCUT2D eigenvalue weighted by Gasteiger charge is -2.26. The molecule has 0 amide bonds. The minimum Gasteiger partial charge on any atom is -0.311 e. The van der Waals surface area contributed by atoms with Crippen LogP contribution in [0.4, 0.5) is 17.1 Å². The summed E-state index contributed by atoms with van der Waals surface area (Å²) in [5, 5.41) is 26.1. The first kappa shape index (κ1) is 27.8. The van der Waals surface area contributed by atoms with Crippen LogP contribution < -0.4 is 4.90 Å². The van der Waals surface area contributed by atoms with Crippen LogP contribution in [0.15, 0.2) is 164 Å². The Hall–Kier alpha value is -6.68. The number of nitriles is 2. The van der Waals surface area contributed by atoms with Gasteiger partial charge in [-0.05, 0) is 115 Å². The van der Waals surface area contributed by atoms with Crippen molar-refractivity contribution in [2.75, 3.05) is 4.90 Å². The molecule has 0 aliphatic heterocycles. The number of fused-ring (bicyclic) bond motifs is 3. The van der Waals surface area contributed by atoms with Crippen LogP contribution in [0.3, 0.4) is 0 Å². The molecular weight excluding hydrogens is 571 g/mol. The highest BCUT2D eigenvalue weighted by atomic mass is 15.1. The molecule has 8 rings (SSSR count). The highest BCUT2D eigenvalue weighted by molar-refractivity contribution is 6.23. The average Bonchev–Trinajstić information content (AvgIpc) is 3.15. The molecule has 0 saturated heterocycles. The summed E-state index contributed by atoms with van der Waals surface area (Å²) in [4.78, 5) is 2.14. The summed E-state index contributed by atoms with van der Waals surface area (Å²) in [5.41, 5.74) is 8.86. The van der Waals surface area contributed by atoms with Gasteiger partial charge in [-0.15, -0.1) is 0 Å². The van der Waals surface area contributed by atoms with Crippen LogP contribution in [0.5, 0.6) is 0 Å². The second-order valence-electron chi connectivity index (χ2n) is 11.6. The van der Waals surface area contributed by atoms with Crippen LogP contribution >= 0.6 is 0 Å². The molecule has 3 heteroatoms. The first-order chi connectivity index (χ1) is 23.2. The Morgan fingerprint density at radius 1 is 0.362 bits per heavy atom. The summed E-state index contributed by atoms with van der Waals surface area (Å²) >= 11 is 0. The maximum Gasteiger partial charge on any atom is 0.0991 e. The summed E-state index contributed by atoms with van der Waals surface area (Å²) in [5.74, 6) is 0. The molecule has 0 aromatic heterocycles. The Morgan fingerprint density at radius 3 is 1.26 bits per heavy atom. The molecule has 0 bridgehead atoms. The monoisotopic (exact) mass is 597 g/mol. The van der Waals surface area contributed by atoms with Gasteiger partial charge in [0, 0.05) is 17.1 Å². The summed E-state index contributed by atoms with van der Waals surface area (Å²) in [6.07, 6.45) is 0. The number of anilines is 3. The molecule has 0 aliphatic rings. The third-order valence-corrected chi connectivity index (χ3v) is 8.91. The normalized spacial score (nSPS) is 10.9. The summed E-state index contributed by atoms with van der Waals surface area (Å²) in [6.45, 7) is 0. The van der Waals surface area contributed by atoms with Gasteiger partial charge in [0.25, 0.3) is 0 Å². The SMILES string of the molecule is N#Cc1ccc(N(c2ccc(C#N)cc2)c2ccc(-c3c4ccccc4c(-c4cccc5ccccc45)c4ccccc34)cc2)cc1. The van der Waals surface area contributed by atoms with E-state index >= 15 is 0 Å². The predicted molar refractivity (Wildman–Crippen MR) is 194 cm³/mol. The standard InChI is InChI=1S/C44H27N3/c45-28-30-16-22-34(23-17-30)47(35-24-18-31(29-46)19-25-35)36-26-20-33(21-27-36)43-39-11-3-5-13-41(39)44(42-14-6-4-12-40(42)43)38-15-7-9-32-8-1-2-10-37(32)38/h1-27H. The van der Waals surface area contributed by atoms with Crippen molar-refractivity contribution in [2.24, 2.45) is 0 Å². The largest absolute Gasteiger partial charge is 0.311 e. The highest BCUT2D eigenvalue weighted by Crippen LogP contribution is 2.46. The van der Waals surface area contributed by atoms with Gasteiger partial charge in [-0.1, -0.05) is 103 Å². The van der Waals surface area contributed by atoms with Gasteiger partial charge in [-0.25, -0.2) is 0 Å². The van der Waals surface area contributed by atoms with E-state index in [1.807, 2.05) is 48.5 Å². The lowest BCUT2D eigenvalue weighted by molar-refractivity contribution is 1.28. The van der Waals surface area contributed by atoms with Crippen molar-refractivity contribution in [2.45, 2.75) is 0 Å². The van der Waals surface area contributed by atoms with Gasteiger partial charge < -0.3 is 4.90 Å². The molecule has 0 saturated carbocycles. The second-order valence-corrected chi connectivity index (χ2v) is 11.6. The average molecular weight is 598 g/mol. The van der Waals surface area contributed by atoms with Crippen LogP contribution in [0.25, 0.3) is 54.6 Å². The van der Waals surface area contributed by atoms with Crippen molar-refractivity contribution in [1.82, 2.24) is 0 Å². The van der Waals surface area contributed by atoms with Gasteiger partial charge >= 0.3 is 0 Å². The van der Waals surface area contributed by atoms with Crippen LogP contribution in [-0.2, 0) is 0 Å². The van der Waals surface area contributed by atoms with Gasteiger partial charge in [-0.3, -0.25) is 0 Å². The van der Waals surface area contributed by atoms with Crippen LogP contribution in [0, 0.1) is 22.7 Å². The van der Waals surface area contributed by atoms with E-state index < -0.39 is 0 Å². The van der Waals surface area contributed by atoms with E-state index in [2.05, 4.69) is 132 Å². The summed E-state index contributed by atoms with van der Waals surface area (Å²) < 4.78 is 0. The Morgan fingerprint density at radius 2 is 0.766 bits per heavy atom. The van der Waals surface area contributed by atoms with Crippen molar-refractivity contribution in [3.05, 3.63) is 175 Å². The quantitative estimate of drug-likeness (QED) is 0.185. The molecule has 0 atom stereocenters. The molecule has 8 aromatic rings. The maximum absolute atomic E-state index is 9.38. The lowest BCUT2D eigenvalue weighted by atomic mass is 9.85. The van der Waals surface area contributed by atoms with Crippen LogP contribution in [0.2, 0.25) is 0 Å². The van der Waals surface area contributed by atoms with E-state index in [0.717, 1.165) is 22.6 Å². The van der Waals surface area contributed by atoms with Crippen molar-refractivity contribution >= 4 is 49.4 Å². The van der Waals surface area contributed by atoms with Gasteiger partial charge in [0.1, 0.15) is 0 Å². The lowest BCUT2D eigenvalue weighted by Crippen LogP contribution is -2.09. The van der Waals surface area contributed by atoms with E-state index in [4.69, 9.17) is 0 Å². The Labute approximate surface area is 273 Å². The smallest absolute Gasteiger partial charge is 0.0991 e. The number of benzene rings is 8. The fraction of sp³-hybridized carbons (Fsp3) is 0. The van der Waals surface area contributed by atoms with E-state index in [-0.39, 0.29) is 0 Å². The van der Waals surface area contributed by atoms with Gasteiger partial charge in [0.2, 0.25) is 0 Å². The first-order valence-electron chi connectivity index (χ1n) is 15.6. The molecule has 47 heavy (non-hydrogen) atoms. The zero-order valence-corrected chi connectivity index (χ0v) is 25.4. The molecule has 0 radical (unpaired) electrons. The molecule has 3 nitrogen and oxygen atoms in total. The molecule has 218 valence electrons. The maximum atomic E-state index is 9.38. The molecule has 0 spiro atoms. The Bertz CT molecular complexity index is 2400. The van der Waals surface area contributed by atoms with E-state index in [1.54, 1.807) is 0 Å². The Kier molecular flexibility index (Phi) is 6.92. The van der Waals surface area contributed by atoms with Crippen molar-refractivity contribution < 1.29 is 0 Å². The molecular formula is C44H27N3. The Balaban J connectivity index is 1.32. The minimum atomic E-state index is 0.606. The fourth-order valence-electron chi connectivity index (χ4n) is 6.77. The third-order valence-electron chi connectivity index (χ3n) is 8.91. The highest BCUT2D eigenvalue weighted by Gasteiger charge is 2.19. The zero-order chi connectivity index (χ0) is 31.7. The molecule has 0 heterocycles. The molecule has 0 fully saturated rings. The van der Waals surface area contributed by atoms with Crippen molar-refractivity contribution in [1.29, 1.82) is 10.5 Å². The molecule has 8 aromatic carbocycles. The second kappa shape index (κ2) is 11.7. The number of hydrogen-bond donors (Lipinski definition) is 0. The molecule has 0 unspecified atom stereocenters. The van der Waals surface area contributed by atoms with E-state index in [0.29, 0.717) is 11.1 Å². The molecule has 0 aliphatic carbocycles. The van der Waals surface area contributed by atoms with Gasteiger partial charge in [0.15, 0.2) is 0 Å². The summed E-state index contributed by atoms with van der Waals surface area (Å²) in [6, 6.07) is 60.9. The molecule has 0 N–H and O–H groups in total. The summed E-state index contributed by atoms with van der Waals surface area (Å²) in [7, 11) is 0. The number of rotatable bonds is 5. The van der Waals surface area contributed by atoms with Crippen LogP contribution in [-0.4, -0.2) is 0 Å². The predicted octanol–water partition coefficient (Wildman–Crippen LogP) is 11.7. The topological polar surface area (TPSA) is 50.8 Å². The fourth-order valence-corrected chi connectivity index (χ4v) is 6.77. The van der Waals surface area contributed by atoms with Gasteiger partial charge in [-0.2, -0.15) is 10.5 Å². The van der Waals surface area contributed by atoms with E-state index in [1.165, 1.54) is 49.0 Å². The van der Waals surface area contributed by atoms with Crippen molar-refractivity contribution in [3.63, 3.8) is 0 Å². The van der Waals surface area contributed by atoms with Crippen LogP contribution in [0.1, 0.15) is 11.1 Å². The number of nitrogens with zero attached hydrogens (tertiary/aromatic N) is 3. The third kappa shape index (κ3) is 4.84. The van der Waals surface area contributed by atoms with Gasteiger partial charge in [0.05, 0.1) is 23.3 Å².